The van der Waals surface area contributed by atoms with Gasteiger partial charge in [0.15, 0.2) is 0 Å². The number of nitrogens with zero attached hydrogens (tertiary/aromatic N) is 2. The Morgan fingerprint density at radius 2 is 1.77 bits per heavy atom. The molecule has 184 valence electrons. The summed E-state index contributed by atoms with van der Waals surface area (Å²) in [6, 6.07) is 15.6. The number of hydrogen-bond donors (Lipinski definition) is 1. The Hall–Kier alpha value is -2.31. The maximum atomic E-state index is 13.7. The van der Waals surface area contributed by atoms with Crippen molar-refractivity contribution in [3.05, 3.63) is 92.0 Å². The van der Waals surface area contributed by atoms with Crippen molar-refractivity contribution in [3.63, 3.8) is 0 Å². The Balaban J connectivity index is 1.58. The van der Waals surface area contributed by atoms with E-state index in [0.717, 1.165) is 24.0 Å². The number of rotatable bonds is 9. The molecule has 0 atom stereocenters. The first-order valence-corrected chi connectivity index (χ1v) is 12.7. The van der Waals surface area contributed by atoms with E-state index < -0.39 is 0 Å². The summed E-state index contributed by atoms with van der Waals surface area (Å²) in [7, 11) is 3.51. The van der Waals surface area contributed by atoms with Gasteiger partial charge in [-0.2, -0.15) is 0 Å². The van der Waals surface area contributed by atoms with Gasteiger partial charge in [0.25, 0.3) is 5.91 Å². The Kier molecular flexibility index (Phi) is 8.23. The summed E-state index contributed by atoms with van der Waals surface area (Å²) >= 11 is 18.4. The first-order chi connectivity index (χ1) is 16.8. The molecule has 1 fully saturated rings. The SMILES string of the molecule is CNc1ncc(Cl)cc1C(=O)N(CCc1ccc(Cl)c(Cl)c1)Cc1ccc(C2(OC)CCC2)cc1. The maximum Gasteiger partial charge on any atom is 0.257 e. The van der Waals surface area contributed by atoms with Gasteiger partial charge in [0.1, 0.15) is 5.82 Å². The zero-order valence-electron chi connectivity index (χ0n) is 19.8. The summed E-state index contributed by atoms with van der Waals surface area (Å²) in [6.45, 7) is 0.923. The molecule has 5 nitrogen and oxygen atoms in total. The lowest BCUT2D eigenvalue weighted by atomic mass is 9.75. The van der Waals surface area contributed by atoms with Gasteiger partial charge in [0, 0.05) is 33.4 Å². The van der Waals surface area contributed by atoms with Crippen LogP contribution in [0, 0.1) is 0 Å². The number of amides is 1. The van der Waals surface area contributed by atoms with Crippen molar-refractivity contribution in [3.8, 4) is 0 Å². The van der Waals surface area contributed by atoms with Crippen molar-refractivity contribution in [2.75, 3.05) is 26.0 Å². The van der Waals surface area contributed by atoms with E-state index in [9.17, 15) is 4.79 Å². The van der Waals surface area contributed by atoms with E-state index in [0.29, 0.717) is 46.0 Å². The van der Waals surface area contributed by atoms with Gasteiger partial charge >= 0.3 is 0 Å². The zero-order valence-corrected chi connectivity index (χ0v) is 22.1. The normalized spacial score (nSPS) is 14.3. The molecule has 1 aliphatic carbocycles. The fourth-order valence-corrected chi connectivity index (χ4v) is 4.90. The van der Waals surface area contributed by atoms with E-state index in [1.807, 2.05) is 12.1 Å². The molecular formula is C27H28Cl3N3O2. The highest BCUT2D eigenvalue weighted by Gasteiger charge is 2.38. The van der Waals surface area contributed by atoms with Gasteiger partial charge in [-0.25, -0.2) is 4.98 Å². The third kappa shape index (κ3) is 5.75. The summed E-state index contributed by atoms with van der Waals surface area (Å²) in [5, 5.41) is 4.40. The standard InChI is InChI=1S/C27H28Cl3N3O2/c1-31-25-22(15-21(28)16-32-25)26(34)33(13-10-18-6-9-23(29)24(30)14-18)17-19-4-7-20(8-5-19)27(35-2)11-3-12-27/h4-9,14-16H,3,10-13,17H2,1-2H3,(H,31,32). The number of benzene rings is 2. The molecule has 1 aliphatic rings. The number of hydrogen-bond acceptors (Lipinski definition) is 4. The second-order valence-electron chi connectivity index (χ2n) is 8.77. The van der Waals surface area contributed by atoms with E-state index >= 15 is 0 Å². The van der Waals surface area contributed by atoms with Crippen LogP contribution in [0.25, 0.3) is 0 Å². The Bertz CT molecular complexity index is 1190. The minimum absolute atomic E-state index is 0.152. The Labute approximate surface area is 221 Å². The number of aromatic nitrogens is 1. The monoisotopic (exact) mass is 531 g/mol. The van der Waals surface area contributed by atoms with Gasteiger partial charge in [0.2, 0.25) is 0 Å². The number of nitrogens with one attached hydrogen (secondary N) is 1. The molecule has 1 saturated carbocycles. The molecule has 0 unspecified atom stereocenters. The summed E-state index contributed by atoms with van der Waals surface area (Å²) < 4.78 is 5.81. The highest BCUT2D eigenvalue weighted by molar-refractivity contribution is 6.42. The third-order valence-electron chi connectivity index (χ3n) is 6.67. The lowest BCUT2D eigenvalue weighted by Gasteiger charge is -2.41. The van der Waals surface area contributed by atoms with Crippen LogP contribution in [0.4, 0.5) is 5.82 Å². The maximum absolute atomic E-state index is 13.7. The molecule has 35 heavy (non-hydrogen) atoms. The van der Waals surface area contributed by atoms with Crippen LogP contribution >= 0.6 is 34.8 Å². The highest BCUT2D eigenvalue weighted by atomic mass is 35.5. The van der Waals surface area contributed by atoms with E-state index in [-0.39, 0.29) is 11.5 Å². The van der Waals surface area contributed by atoms with Crippen LogP contribution in [0.1, 0.15) is 46.3 Å². The number of halogens is 3. The predicted octanol–water partition coefficient (Wildman–Crippen LogP) is 6.99. The molecule has 3 aromatic rings. The summed E-state index contributed by atoms with van der Waals surface area (Å²) in [4.78, 5) is 19.8. The summed E-state index contributed by atoms with van der Waals surface area (Å²) in [5.74, 6) is 0.335. The van der Waals surface area contributed by atoms with Crippen molar-refractivity contribution in [2.45, 2.75) is 37.8 Å². The van der Waals surface area contributed by atoms with Crippen molar-refractivity contribution in [1.29, 1.82) is 0 Å². The van der Waals surface area contributed by atoms with Crippen LogP contribution in [0.2, 0.25) is 15.1 Å². The smallest absolute Gasteiger partial charge is 0.257 e. The molecule has 0 radical (unpaired) electrons. The average molecular weight is 533 g/mol. The molecule has 4 rings (SSSR count). The second kappa shape index (κ2) is 11.2. The zero-order chi connectivity index (χ0) is 25.0. The largest absolute Gasteiger partial charge is 0.374 e. The quantitative estimate of drug-likeness (QED) is 0.322. The van der Waals surface area contributed by atoms with Crippen molar-refractivity contribution >= 4 is 46.5 Å². The molecule has 1 N–H and O–H groups in total. The minimum Gasteiger partial charge on any atom is -0.374 e. The van der Waals surface area contributed by atoms with Gasteiger partial charge in [-0.15, -0.1) is 0 Å². The molecule has 0 bridgehead atoms. The number of carbonyl (C=O) groups excluding carboxylic acids is 1. The molecule has 1 amide bonds. The van der Waals surface area contributed by atoms with Crippen molar-refractivity contribution in [2.24, 2.45) is 0 Å². The van der Waals surface area contributed by atoms with Crippen LogP contribution in [-0.4, -0.2) is 36.5 Å². The average Bonchev–Trinajstić information content (AvgIpc) is 2.84. The fraction of sp³-hybridized carbons (Fsp3) is 0.333. The first kappa shape index (κ1) is 25.8. The lowest BCUT2D eigenvalue weighted by molar-refractivity contribution is -0.0778. The van der Waals surface area contributed by atoms with Crippen LogP contribution < -0.4 is 5.32 Å². The summed E-state index contributed by atoms with van der Waals surface area (Å²) in [5.41, 5.74) is 3.47. The van der Waals surface area contributed by atoms with Gasteiger partial charge < -0.3 is 15.0 Å². The van der Waals surface area contributed by atoms with Crippen LogP contribution in [0.5, 0.6) is 0 Å². The number of anilines is 1. The van der Waals surface area contributed by atoms with Crippen LogP contribution in [0.3, 0.4) is 0 Å². The van der Waals surface area contributed by atoms with Crippen LogP contribution in [0.15, 0.2) is 54.7 Å². The highest BCUT2D eigenvalue weighted by Crippen LogP contribution is 2.44. The number of carbonyl (C=O) groups is 1. The number of ether oxygens (including phenoxy) is 1. The van der Waals surface area contributed by atoms with Gasteiger partial charge in [-0.05, 0) is 60.6 Å². The lowest BCUT2D eigenvalue weighted by Crippen LogP contribution is -2.36. The van der Waals surface area contributed by atoms with Gasteiger partial charge in [-0.1, -0.05) is 65.1 Å². The number of methoxy groups -OCH3 is 1. The third-order valence-corrected chi connectivity index (χ3v) is 7.61. The topological polar surface area (TPSA) is 54.5 Å². The predicted molar refractivity (Wildman–Crippen MR) is 143 cm³/mol. The number of pyridine rings is 1. The van der Waals surface area contributed by atoms with E-state index in [1.54, 1.807) is 31.2 Å². The van der Waals surface area contributed by atoms with E-state index in [2.05, 4.69) is 34.6 Å². The van der Waals surface area contributed by atoms with Gasteiger partial charge in [-0.3, -0.25) is 4.79 Å². The molecule has 0 aliphatic heterocycles. The van der Waals surface area contributed by atoms with E-state index in [4.69, 9.17) is 39.5 Å². The van der Waals surface area contributed by atoms with Crippen molar-refractivity contribution < 1.29 is 9.53 Å². The second-order valence-corrected chi connectivity index (χ2v) is 10.0. The Morgan fingerprint density at radius 1 is 1.06 bits per heavy atom. The Morgan fingerprint density at radius 3 is 2.37 bits per heavy atom. The minimum atomic E-state index is -0.171. The fourth-order valence-electron chi connectivity index (χ4n) is 4.43. The molecule has 1 aromatic heterocycles. The summed E-state index contributed by atoms with van der Waals surface area (Å²) in [6.07, 6.45) is 5.39. The molecule has 1 heterocycles. The molecular weight excluding hydrogens is 505 g/mol. The molecule has 0 saturated heterocycles. The molecule has 0 spiro atoms. The van der Waals surface area contributed by atoms with Crippen LogP contribution in [-0.2, 0) is 23.3 Å². The molecule has 8 heteroatoms. The molecule has 2 aromatic carbocycles. The van der Waals surface area contributed by atoms with Gasteiger partial charge in [0.05, 0.1) is 26.2 Å². The van der Waals surface area contributed by atoms with Crippen molar-refractivity contribution in [1.82, 2.24) is 9.88 Å². The van der Waals surface area contributed by atoms with E-state index in [1.165, 1.54) is 18.2 Å². The first-order valence-electron chi connectivity index (χ1n) is 11.6.